The van der Waals surface area contributed by atoms with E-state index < -0.39 is 6.04 Å². The lowest BCUT2D eigenvalue weighted by Crippen LogP contribution is -2.57. The molecule has 1 saturated carbocycles. The SMILES string of the molecule is [C-]#[N+]c1ccc([C@H](C)N2C(=O)[C@H]3C[C@@H]2CN3C[C@H](N)C(=O)N2C3C[C@H]3C[C@H]2C#N)cc1. The predicted octanol–water partition coefficient (Wildman–Crippen LogP) is 1.42. The van der Waals surface area contributed by atoms with Crippen molar-refractivity contribution >= 4 is 17.5 Å². The van der Waals surface area contributed by atoms with Crippen LogP contribution in [-0.4, -0.2) is 69.8 Å². The number of benzene rings is 1. The van der Waals surface area contributed by atoms with Crippen LogP contribution in [0.3, 0.4) is 0 Å². The summed E-state index contributed by atoms with van der Waals surface area (Å²) in [5.74, 6) is 0.386. The first-order valence-electron chi connectivity index (χ1n) is 10.9. The summed E-state index contributed by atoms with van der Waals surface area (Å²) in [7, 11) is 0. The molecule has 3 saturated heterocycles. The lowest BCUT2D eigenvalue weighted by atomic mass is 10.0. The molecule has 0 aromatic heterocycles. The number of piperidine rings is 1. The molecule has 1 aromatic rings. The number of carbonyl (C=O) groups is 2. The van der Waals surface area contributed by atoms with Crippen molar-refractivity contribution in [1.82, 2.24) is 14.7 Å². The Morgan fingerprint density at radius 3 is 2.71 bits per heavy atom. The average molecular weight is 419 g/mol. The number of carbonyl (C=O) groups excluding carboxylic acids is 2. The third-order valence-electron chi connectivity index (χ3n) is 7.49. The Balaban J connectivity index is 1.23. The zero-order valence-electron chi connectivity index (χ0n) is 17.5. The van der Waals surface area contributed by atoms with E-state index in [-0.39, 0.29) is 42.0 Å². The van der Waals surface area contributed by atoms with Gasteiger partial charge < -0.3 is 15.5 Å². The molecule has 7 atom stereocenters. The Labute approximate surface area is 182 Å². The fourth-order valence-corrected chi connectivity index (χ4v) is 5.80. The van der Waals surface area contributed by atoms with Crippen molar-refractivity contribution in [2.75, 3.05) is 13.1 Å². The number of nitrogens with two attached hydrogens (primary N) is 1. The van der Waals surface area contributed by atoms with Crippen molar-refractivity contribution in [2.45, 2.75) is 62.4 Å². The van der Waals surface area contributed by atoms with E-state index in [2.05, 4.69) is 10.9 Å². The van der Waals surface area contributed by atoms with Gasteiger partial charge in [-0.1, -0.05) is 24.3 Å². The summed E-state index contributed by atoms with van der Waals surface area (Å²) in [6.45, 7) is 10.2. The van der Waals surface area contributed by atoms with E-state index >= 15 is 0 Å². The number of hydrogen-bond donors (Lipinski definition) is 1. The molecule has 160 valence electrons. The van der Waals surface area contributed by atoms with Crippen LogP contribution in [0.25, 0.3) is 4.85 Å². The van der Waals surface area contributed by atoms with Crippen LogP contribution >= 0.6 is 0 Å². The van der Waals surface area contributed by atoms with Crippen LogP contribution in [0.15, 0.2) is 24.3 Å². The quantitative estimate of drug-likeness (QED) is 0.730. The monoisotopic (exact) mass is 418 g/mol. The van der Waals surface area contributed by atoms with Gasteiger partial charge in [-0.25, -0.2) is 4.85 Å². The van der Waals surface area contributed by atoms with E-state index in [0.29, 0.717) is 24.7 Å². The Bertz CT molecular complexity index is 995. The minimum atomic E-state index is -0.714. The third-order valence-corrected chi connectivity index (χ3v) is 7.49. The first kappa shape index (κ1) is 20.0. The molecular weight excluding hydrogens is 392 g/mol. The van der Waals surface area contributed by atoms with Crippen molar-refractivity contribution in [1.29, 1.82) is 5.26 Å². The summed E-state index contributed by atoms with van der Waals surface area (Å²) in [6.07, 6.45) is 2.49. The molecule has 8 heteroatoms. The number of rotatable bonds is 5. The number of nitriles is 1. The topological polar surface area (TPSA) is 98.0 Å². The Morgan fingerprint density at radius 2 is 2.06 bits per heavy atom. The zero-order chi connectivity index (χ0) is 21.9. The molecule has 4 aliphatic rings. The summed E-state index contributed by atoms with van der Waals surface area (Å²) in [4.78, 5) is 35.2. The van der Waals surface area contributed by atoms with Crippen molar-refractivity contribution in [3.63, 3.8) is 0 Å². The first-order chi connectivity index (χ1) is 14.9. The van der Waals surface area contributed by atoms with E-state index in [1.807, 2.05) is 28.9 Å². The van der Waals surface area contributed by atoms with Crippen LogP contribution in [0.4, 0.5) is 5.69 Å². The van der Waals surface area contributed by atoms with Gasteiger partial charge in [0.1, 0.15) is 6.04 Å². The summed E-state index contributed by atoms with van der Waals surface area (Å²) < 4.78 is 0. The normalized spacial score (nSPS) is 33.0. The van der Waals surface area contributed by atoms with Gasteiger partial charge in [0.2, 0.25) is 11.8 Å². The average Bonchev–Trinajstić information content (AvgIpc) is 3.11. The zero-order valence-corrected chi connectivity index (χ0v) is 17.5. The largest absolute Gasteiger partial charge is 0.330 e. The standard InChI is InChI=1S/C23H26N6O2/c1-13(14-3-5-16(26-2)6-4-14)28-18-9-21(23(28)31)27(11-18)12-19(25)22(30)29-17(10-24)7-15-8-20(15)29/h3-6,13,15,17-21H,7-9,11-12,25H2,1H3/t13-,15+,17-,18+,19-,20?,21+/m0/s1. The molecule has 2 N–H and O–H groups in total. The van der Waals surface area contributed by atoms with Gasteiger partial charge in [-0.15, -0.1) is 0 Å². The van der Waals surface area contributed by atoms with Crippen LogP contribution in [0.1, 0.15) is 37.8 Å². The van der Waals surface area contributed by atoms with E-state index in [1.165, 1.54) is 0 Å². The fraction of sp³-hybridized carbons (Fsp3) is 0.565. The summed E-state index contributed by atoms with van der Waals surface area (Å²) >= 11 is 0. The van der Waals surface area contributed by atoms with Crippen molar-refractivity contribution < 1.29 is 9.59 Å². The summed E-state index contributed by atoms with van der Waals surface area (Å²) in [6, 6.07) is 8.54. The Hall–Kier alpha value is -2.94. The van der Waals surface area contributed by atoms with Crippen LogP contribution < -0.4 is 5.73 Å². The molecule has 0 spiro atoms. The molecule has 2 amide bonds. The number of hydrogen-bond acceptors (Lipinski definition) is 5. The molecule has 2 bridgehead atoms. The van der Waals surface area contributed by atoms with Gasteiger partial charge >= 0.3 is 0 Å². The molecule has 1 unspecified atom stereocenters. The van der Waals surface area contributed by atoms with Gasteiger partial charge in [-0.2, -0.15) is 5.26 Å². The molecule has 8 nitrogen and oxygen atoms in total. The number of piperazine rings is 1. The van der Waals surface area contributed by atoms with Gasteiger partial charge in [-0.3, -0.25) is 14.5 Å². The highest BCUT2D eigenvalue weighted by atomic mass is 16.2. The molecular formula is C23H26N6O2. The molecule has 0 radical (unpaired) electrons. The second-order valence-electron chi connectivity index (χ2n) is 9.28. The molecule has 31 heavy (non-hydrogen) atoms. The maximum Gasteiger partial charge on any atom is 0.242 e. The second-order valence-corrected chi connectivity index (χ2v) is 9.28. The highest BCUT2D eigenvalue weighted by Gasteiger charge is 2.56. The van der Waals surface area contributed by atoms with E-state index in [0.717, 1.165) is 24.8 Å². The Kier molecular flexibility index (Phi) is 4.73. The smallest absolute Gasteiger partial charge is 0.242 e. The molecule has 1 aromatic carbocycles. The van der Waals surface area contributed by atoms with Crippen molar-refractivity contribution in [3.05, 3.63) is 41.2 Å². The predicted molar refractivity (Wildman–Crippen MR) is 112 cm³/mol. The van der Waals surface area contributed by atoms with Gasteiger partial charge in [0.05, 0.1) is 30.8 Å². The molecule has 4 fully saturated rings. The lowest BCUT2D eigenvalue weighted by Gasteiger charge is -2.38. The van der Waals surface area contributed by atoms with Gasteiger partial charge in [0.25, 0.3) is 0 Å². The number of likely N-dealkylation sites (tertiary alicyclic amines) is 3. The van der Waals surface area contributed by atoms with E-state index in [1.54, 1.807) is 17.0 Å². The summed E-state index contributed by atoms with van der Waals surface area (Å²) in [5, 5.41) is 9.35. The molecule has 5 rings (SSSR count). The highest BCUT2D eigenvalue weighted by molar-refractivity contribution is 5.87. The number of amides is 2. The highest BCUT2D eigenvalue weighted by Crippen LogP contribution is 2.48. The fourth-order valence-electron chi connectivity index (χ4n) is 5.80. The molecule has 1 aliphatic carbocycles. The molecule has 3 heterocycles. The van der Waals surface area contributed by atoms with Crippen LogP contribution in [0.5, 0.6) is 0 Å². The van der Waals surface area contributed by atoms with Crippen LogP contribution in [0, 0.1) is 23.8 Å². The van der Waals surface area contributed by atoms with Gasteiger partial charge in [-0.05, 0) is 37.7 Å². The minimum Gasteiger partial charge on any atom is -0.330 e. The van der Waals surface area contributed by atoms with Gasteiger partial charge in [0.15, 0.2) is 5.69 Å². The maximum absolute atomic E-state index is 13.1. The Morgan fingerprint density at radius 1 is 1.32 bits per heavy atom. The first-order valence-corrected chi connectivity index (χ1v) is 10.9. The van der Waals surface area contributed by atoms with Gasteiger partial charge in [0, 0.05) is 25.2 Å². The summed E-state index contributed by atoms with van der Waals surface area (Å²) in [5.41, 5.74) is 7.88. The molecule has 3 aliphatic heterocycles. The van der Waals surface area contributed by atoms with Crippen molar-refractivity contribution in [3.8, 4) is 6.07 Å². The van der Waals surface area contributed by atoms with E-state index in [9.17, 15) is 14.9 Å². The van der Waals surface area contributed by atoms with E-state index in [4.69, 9.17) is 12.3 Å². The number of fused-ring (bicyclic) bond motifs is 3. The third kappa shape index (κ3) is 3.18. The number of nitrogens with zero attached hydrogens (tertiary/aromatic N) is 5. The lowest BCUT2D eigenvalue weighted by molar-refractivity contribution is -0.141. The minimum absolute atomic E-state index is 0.0625. The second kappa shape index (κ2) is 7.33. The van der Waals surface area contributed by atoms with Crippen molar-refractivity contribution in [2.24, 2.45) is 11.7 Å². The van der Waals surface area contributed by atoms with Crippen LogP contribution in [-0.2, 0) is 9.59 Å². The maximum atomic E-state index is 13.1. The van der Waals surface area contributed by atoms with Crippen LogP contribution in [0.2, 0.25) is 0 Å².